The summed E-state index contributed by atoms with van der Waals surface area (Å²) >= 11 is 0. The topological polar surface area (TPSA) is 83.8 Å². The molecule has 0 fully saturated rings. The Morgan fingerprint density at radius 1 is 1.29 bits per heavy atom. The zero-order valence-corrected chi connectivity index (χ0v) is 9.64. The van der Waals surface area contributed by atoms with E-state index in [1.54, 1.807) is 19.9 Å². The van der Waals surface area contributed by atoms with E-state index in [9.17, 15) is 9.59 Å². The highest BCUT2D eigenvalue weighted by molar-refractivity contribution is 6.02. The van der Waals surface area contributed by atoms with Gasteiger partial charge in [0, 0.05) is 6.61 Å². The zero-order chi connectivity index (χ0) is 13.0. The van der Waals surface area contributed by atoms with E-state index in [0.29, 0.717) is 12.2 Å². The number of benzene rings is 1. The molecule has 1 aromatic carbocycles. The fourth-order valence-electron chi connectivity index (χ4n) is 1.67. The maximum atomic E-state index is 11.1. The molecule has 17 heavy (non-hydrogen) atoms. The van der Waals surface area contributed by atoms with E-state index in [2.05, 4.69) is 0 Å². The van der Waals surface area contributed by atoms with E-state index >= 15 is 0 Å². The minimum atomic E-state index is -1.26. The minimum Gasteiger partial charge on any atom is -0.478 e. The minimum absolute atomic E-state index is 0.207. The highest BCUT2D eigenvalue weighted by Gasteiger charge is 2.22. The molecule has 5 nitrogen and oxygen atoms in total. The molecular formula is C12H14O5. The molecule has 0 saturated carbocycles. The first-order valence-corrected chi connectivity index (χ1v) is 5.20. The van der Waals surface area contributed by atoms with Crippen LogP contribution in [0.2, 0.25) is 0 Å². The summed E-state index contributed by atoms with van der Waals surface area (Å²) in [7, 11) is 0. The molecule has 0 amide bonds. The van der Waals surface area contributed by atoms with E-state index < -0.39 is 18.0 Å². The number of carbonyl (C=O) groups is 2. The van der Waals surface area contributed by atoms with Crippen LogP contribution in [-0.4, -0.2) is 28.8 Å². The molecular weight excluding hydrogens is 224 g/mol. The highest BCUT2D eigenvalue weighted by atomic mass is 16.5. The Balaban J connectivity index is 3.34. The fraction of sp³-hybridized carbons (Fsp3) is 0.333. The molecule has 0 heterocycles. The largest absolute Gasteiger partial charge is 0.478 e. The van der Waals surface area contributed by atoms with Crippen molar-refractivity contribution in [3.8, 4) is 0 Å². The lowest BCUT2D eigenvalue weighted by molar-refractivity contribution is 0.0616. The summed E-state index contributed by atoms with van der Waals surface area (Å²) in [5, 5.41) is 18.0. The molecule has 1 rings (SSSR count). The summed E-state index contributed by atoms with van der Waals surface area (Å²) in [6, 6.07) is 4.35. The number of carboxylic acid groups (broad SMARTS) is 2. The lowest BCUT2D eigenvalue weighted by Crippen LogP contribution is -2.14. The molecule has 92 valence electrons. The van der Waals surface area contributed by atoms with Crippen molar-refractivity contribution in [2.45, 2.75) is 20.0 Å². The monoisotopic (exact) mass is 238 g/mol. The van der Waals surface area contributed by atoms with Crippen LogP contribution in [0.15, 0.2) is 18.2 Å². The number of rotatable bonds is 5. The van der Waals surface area contributed by atoms with Crippen LogP contribution < -0.4 is 0 Å². The SMILES string of the molecule is CCOC(C)c1cccc(C(=O)O)c1C(=O)O. The van der Waals surface area contributed by atoms with Crippen LogP contribution >= 0.6 is 0 Å². The second-order valence-corrected chi connectivity index (χ2v) is 3.48. The van der Waals surface area contributed by atoms with Gasteiger partial charge in [0.2, 0.25) is 0 Å². The third kappa shape index (κ3) is 2.82. The normalized spacial score (nSPS) is 12.1. The summed E-state index contributed by atoms with van der Waals surface area (Å²) in [5.41, 5.74) is -0.0539. The Morgan fingerprint density at radius 2 is 1.94 bits per heavy atom. The number of hydrogen-bond acceptors (Lipinski definition) is 3. The first-order chi connectivity index (χ1) is 7.99. The summed E-state index contributed by atoms with van der Waals surface area (Å²) < 4.78 is 5.30. The Morgan fingerprint density at radius 3 is 2.41 bits per heavy atom. The van der Waals surface area contributed by atoms with Crippen LogP contribution in [-0.2, 0) is 4.74 Å². The van der Waals surface area contributed by atoms with Crippen LogP contribution in [0.25, 0.3) is 0 Å². The summed E-state index contributed by atoms with van der Waals surface area (Å²) in [6.07, 6.45) is -0.453. The van der Waals surface area contributed by atoms with E-state index in [0.717, 1.165) is 0 Å². The van der Waals surface area contributed by atoms with Gasteiger partial charge in [0.05, 0.1) is 17.2 Å². The van der Waals surface area contributed by atoms with E-state index in [1.165, 1.54) is 12.1 Å². The first kappa shape index (κ1) is 13.2. The predicted octanol–water partition coefficient (Wildman–Crippen LogP) is 2.18. The van der Waals surface area contributed by atoms with Crippen molar-refractivity contribution in [3.05, 3.63) is 34.9 Å². The third-order valence-electron chi connectivity index (χ3n) is 2.40. The number of aromatic carboxylic acids is 2. The van der Waals surface area contributed by atoms with Crippen molar-refractivity contribution in [3.63, 3.8) is 0 Å². The Labute approximate surface area is 98.6 Å². The quantitative estimate of drug-likeness (QED) is 0.821. The molecule has 5 heteroatoms. The molecule has 0 radical (unpaired) electrons. The van der Waals surface area contributed by atoms with Gasteiger partial charge in [0.1, 0.15) is 0 Å². The maximum Gasteiger partial charge on any atom is 0.336 e. The van der Waals surface area contributed by atoms with Gasteiger partial charge in [-0.05, 0) is 25.5 Å². The third-order valence-corrected chi connectivity index (χ3v) is 2.40. The van der Waals surface area contributed by atoms with Crippen LogP contribution in [0.3, 0.4) is 0 Å². The van der Waals surface area contributed by atoms with Crippen molar-refractivity contribution in [2.75, 3.05) is 6.61 Å². The van der Waals surface area contributed by atoms with Crippen LogP contribution in [0.1, 0.15) is 46.2 Å². The van der Waals surface area contributed by atoms with Gasteiger partial charge in [-0.3, -0.25) is 0 Å². The second-order valence-electron chi connectivity index (χ2n) is 3.48. The smallest absolute Gasteiger partial charge is 0.336 e. The molecule has 0 aliphatic rings. The van der Waals surface area contributed by atoms with E-state index in [1.807, 2.05) is 0 Å². The zero-order valence-electron chi connectivity index (χ0n) is 9.64. The number of carboxylic acids is 2. The van der Waals surface area contributed by atoms with E-state index in [4.69, 9.17) is 14.9 Å². The van der Waals surface area contributed by atoms with Crippen molar-refractivity contribution < 1.29 is 24.5 Å². The Kier molecular flexibility index (Phi) is 4.23. The lowest BCUT2D eigenvalue weighted by atomic mass is 9.97. The molecule has 0 saturated heterocycles. The molecule has 1 atom stereocenters. The van der Waals surface area contributed by atoms with Crippen LogP contribution in [0, 0.1) is 0 Å². The van der Waals surface area contributed by atoms with Gasteiger partial charge in [0.25, 0.3) is 0 Å². The molecule has 0 aliphatic carbocycles. The van der Waals surface area contributed by atoms with Crippen molar-refractivity contribution in [1.82, 2.24) is 0 Å². The average Bonchev–Trinajstić information content (AvgIpc) is 2.28. The standard InChI is InChI=1S/C12H14O5/c1-3-17-7(2)8-5-4-6-9(11(13)14)10(8)12(15)16/h4-7H,3H2,1-2H3,(H,13,14)(H,15,16). The molecule has 2 N–H and O–H groups in total. The summed E-state index contributed by atoms with van der Waals surface area (Å²) in [6.45, 7) is 3.91. The predicted molar refractivity (Wildman–Crippen MR) is 60.4 cm³/mol. The maximum absolute atomic E-state index is 11.1. The summed E-state index contributed by atoms with van der Waals surface area (Å²) in [5.74, 6) is -2.52. The van der Waals surface area contributed by atoms with Gasteiger partial charge < -0.3 is 14.9 Å². The van der Waals surface area contributed by atoms with Crippen molar-refractivity contribution in [1.29, 1.82) is 0 Å². The van der Waals surface area contributed by atoms with Gasteiger partial charge in [-0.2, -0.15) is 0 Å². The second kappa shape index (κ2) is 5.45. The van der Waals surface area contributed by atoms with E-state index in [-0.39, 0.29) is 11.1 Å². The lowest BCUT2D eigenvalue weighted by Gasteiger charge is -2.15. The van der Waals surface area contributed by atoms with Gasteiger partial charge >= 0.3 is 11.9 Å². The molecule has 0 aromatic heterocycles. The molecule has 1 unspecified atom stereocenters. The first-order valence-electron chi connectivity index (χ1n) is 5.20. The van der Waals surface area contributed by atoms with Crippen molar-refractivity contribution in [2.24, 2.45) is 0 Å². The Bertz CT molecular complexity index is 439. The average molecular weight is 238 g/mol. The fourth-order valence-corrected chi connectivity index (χ4v) is 1.67. The van der Waals surface area contributed by atoms with Crippen molar-refractivity contribution >= 4 is 11.9 Å². The number of ether oxygens (including phenoxy) is 1. The van der Waals surface area contributed by atoms with Crippen LogP contribution in [0.4, 0.5) is 0 Å². The highest BCUT2D eigenvalue weighted by Crippen LogP contribution is 2.24. The van der Waals surface area contributed by atoms with Gasteiger partial charge in [-0.25, -0.2) is 9.59 Å². The summed E-state index contributed by atoms with van der Waals surface area (Å²) in [4.78, 5) is 22.1. The molecule has 1 aromatic rings. The van der Waals surface area contributed by atoms with Gasteiger partial charge in [-0.15, -0.1) is 0 Å². The van der Waals surface area contributed by atoms with Crippen LogP contribution in [0.5, 0.6) is 0 Å². The molecule has 0 spiro atoms. The molecule has 0 bridgehead atoms. The molecule has 0 aliphatic heterocycles. The Hall–Kier alpha value is -1.88. The van der Waals surface area contributed by atoms with Gasteiger partial charge in [0.15, 0.2) is 0 Å². The number of hydrogen-bond donors (Lipinski definition) is 2. The van der Waals surface area contributed by atoms with Gasteiger partial charge in [-0.1, -0.05) is 12.1 Å².